The molecule has 0 bridgehead atoms. The van der Waals surface area contributed by atoms with E-state index in [2.05, 4.69) is 9.44 Å². The molecule has 0 radical (unpaired) electrons. The van der Waals surface area contributed by atoms with Crippen LogP contribution >= 0.6 is 0 Å². The molecule has 0 aromatic heterocycles. The predicted molar refractivity (Wildman–Crippen MR) is 75.8 cm³/mol. The largest absolute Gasteiger partial charge is 0.370 e. The molecule has 2 rings (SSSR count). The van der Waals surface area contributed by atoms with Gasteiger partial charge in [0.05, 0.1) is 6.61 Å². The monoisotopic (exact) mass is 299 g/mol. The van der Waals surface area contributed by atoms with Crippen molar-refractivity contribution in [2.45, 2.75) is 6.92 Å². The second-order valence-electron chi connectivity index (χ2n) is 4.25. The van der Waals surface area contributed by atoms with Gasteiger partial charge in [0.2, 0.25) is 0 Å². The molecule has 0 aliphatic carbocycles. The molecule has 1 aromatic rings. The smallest absolute Gasteiger partial charge is 0.299 e. The maximum atomic E-state index is 11.7. The van der Waals surface area contributed by atoms with E-state index in [1.54, 1.807) is 36.1 Å². The van der Waals surface area contributed by atoms with Gasteiger partial charge in [0, 0.05) is 24.5 Å². The molecule has 110 valence electrons. The van der Waals surface area contributed by atoms with E-state index >= 15 is 0 Å². The fourth-order valence-electron chi connectivity index (χ4n) is 1.88. The van der Waals surface area contributed by atoms with Crippen LogP contribution in [0.1, 0.15) is 6.92 Å². The van der Waals surface area contributed by atoms with Crippen LogP contribution in [0.2, 0.25) is 0 Å². The average molecular weight is 299 g/mol. The SMILES string of the molecule is CCNS(=O)(=O)Nc1ccc(N2CCOCC2=O)cc1. The third kappa shape index (κ3) is 3.69. The number of benzene rings is 1. The van der Waals surface area contributed by atoms with Gasteiger partial charge in [0.1, 0.15) is 6.61 Å². The number of carbonyl (C=O) groups is 1. The Hall–Kier alpha value is -1.64. The highest BCUT2D eigenvalue weighted by atomic mass is 32.2. The summed E-state index contributed by atoms with van der Waals surface area (Å²) >= 11 is 0. The molecule has 20 heavy (non-hydrogen) atoms. The summed E-state index contributed by atoms with van der Waals surface area (Å²) in [5.41, 5.74) is 1.17. The van der Waals surface area contributed by atoms with Crippen LogP contribution in [0, 0.1) is 0 Å². The Bertz CT molecular complexity index is 571. The van der Waals surface area contributed by atoms with E-state index < -0.39 is 10.2 Å². The van der Waals surface area contributed by atoms with Crippen molar-refractivity contribution in [1.29, 1.82) is 0 Å². The molecule has 2 N–H and O–H groups in total. The molecule has 0 unspecified atom stereocenters. The summed E-state index contributed by atoms with van der Waals surface area (Å²) in [6, 6.07) is 6.64. The highest BCUT2D eigenvalue weighted by Gasteiger charge is 2.20. The first kappa shape index (κ1) is 14.8. The van der Waals surface area contributed by atoms with Gasteiger partial charge in [-0.25, -0.2) is 0 Å². The zero-order valence-electron chi connectivity index (χ0n) is 11.1. The minimum absolute atomic E-state index is 0.0782. The van der Waals surface area contributed by atoms with Gasteiger partial charge in [-0.05, 0) is 24.3 Å². The summed E-state index contributed by atoms with van der Waals surface area (Å²) in [4.78, 5) is 13.3. The van der Waals surface area contributed by atoms with Crippen molar-refractivity contribution in [2.24, 2.45) is 0 Å². The Labute approximate surface area is 118 Å². The second kappa shape index (κ2) is 6.21. The van der Waals surface area contributed by atoms with E-state index in [0.29, 0.717) is 25.4 Å². The van der Waals surface area contributed by atoms with E-state index in [-0.39, 0.29) is 12.5 Å². The van der Waals surface area contributed by atoms with Gasteiger partial charge in [-0.1, -0.05) is 6.92 Å². The number of morpholine rings is 1. The van der Waals surface area contributed by atoms with Crippen molar-refractivity contribution >= 4 is 27.5 Å². The minimum atomic E-state index is -3.53. The zero-order valence-corrected chi connectivity index (χ0v) is 11.9. The number of ether oxygens (including phenoxy) is 1. The summed E-state index contributed by atoms with van der Waals surface area (Å²) < 4.78 is 32.9. The van der Waals surface area contributed by atoms with Crippen LogP contribution in [-0.4, -0.2) is 40.6 Å². The Morgan fingerprint density at radius 3 is 2.60 bits per heavy atom. The summed E-state index contributed by atoms with van der Waals surface area (Å²) in [7, 11) is -3.53. The molecule has 1 amide bonds. The molecule has 1 saturated heterocycles. The van der Waals surface area contributed by atoms with Crippen molar-refractivity contribution in [3.05, 3.63) is 24.3 Å². The normalized spacial score (nSPS) is 16.2. The number of anilines is 2. The van der Waals surface area contributed by atoms with E-state index in [1.807, 2.05) is 0 Å². The number of rotatable bonds is 5. The van der Waals surface area contributed by atoms with E-state index in [9.17, 15) is 13.2 Å². The Morgan fingerprint density at radius 2 is 2.00 bits per heavy atom. The first-order chi connectivity index (χ1) is 9.52. The van der Waals surface area contributed by atoms with Gasteiger partial charge in [0.25, 0.3) is 16.1 Å². The topological polar surface area (TPSA) is 87.7 Å². The fourth-order valence-corrected chi connectivity index (χ4v) is 2.78. The molecule has 0 atom stereocenters. The maximum Gasteiger partial charge on any atom is 0.299 e. The van der Waals surface area contributed by atoms with Crippen LogP contribution in [0.3, 0.4) is 0 Å². The van der Waals surface area contributed by atoms with Crippen LogP contribution in [0.15, 0.2) is 24.3 Å². The van der Waals surface area contributed by atoms with Crippen molar-refractivity contribution in [2.75, 3.05) is 35.9 Å². The maximum absolute atomic E-state index is 11.7. The Morgan fingerprint density at radius 1 is 1.30 bits per heavy atom. The lowest BCUT2D eigenvalue weighted by Gasteiger charge is -2.26. The van der Waals surface area contributed by atoms with Gasteiger partial charge in [0.15, 0.2) is 0 Å². The molecule has 1 aliphatic rings. The lowest BCUT2D eigenvalue weighted by atomic mass is 10.2. The fraction of sp³-hybridized carbons (Fsp3) is 0.417. The van der Waals surface area contributed by atoms with Crippen molar-refractivity contribution < 1.29 is 17.9 Å². The molecule has 1 aliphatic heterocycles. The van der Waals surface area contributed by atoms with E-state index in [4.69, 9.17) is 4.74 Å². The number of nitrogens with one attached hydrogen (secondary N) is 2. The number of nitrogens with zero attached hydrogens (tertiary/aromatic N) is 1. The lowest BCUT2D eigenvalue weighted by molar-refractivity contribution is -0.125. The van der Waals surface area contributed by atoms with Crippen molar-refractivity contribution in [3.63, 3.8) is 0 Å². The molecule has 1 aromatic carbocycles. The van der Waals surface area contributed by atoms with Gasteiger partial charge >= 0.3 is 0 Å². The molecule has 0 spiro atoms. The highest BCUT2D eigenvalue weighted by Crippen LogP contribution is 2.20. The number of hydrogen-bond donors (Lipinski definition) is 2. The van der Waals surface area contributed by atoms with E-state index in [1.165, 1.54) is 0 Å². The summed E-state index contributed by atoms with van der Waals surface area (Å²) in [6.07, 6.45) is 0. The first-order valence-corrected chi connectivity index (χ1v) is 7.76. The molecule has 1 heterocycles. The third-order valence-corrected chi connectivity index (χ3v) is 3.92. The standard InChI is InChI=1S/C12H17N3O4S/c1-2-13-20(17,18)14-10-3-5-11(6-4-10)15-7-8-19-9-12(15)16/h3-6,13-14H,2,7-9H2,1H3. The van der Waals surface area contributed by atoms with Crippen molar-refractivity contribution in [3.8, 4) is 0 Å². The molecule has 1 fully saturated rings. The highest BCUT2D eigenvalue weighted by molar-refractivity contribution is 7.90. The van der Waals surface area contributed by atoms with Crippen LogP contribution in [0.25, 0.3) is 0 Å². The Balaban J connectivity index is 2.08. The number of carbonyl (C=O) groups excluding carboxylic acids is 1. The minimum Gasteiger partial charge on any atom is -0.370 e. The molecule has 7 nitrogen and oxygen atoms in total. The Kier molecular flexibility index (Phi) is 4.58. The third-order valence-electron chi connectivity index (χ3n) is 2.75. The number of amides is 1. The molecule has 0 saturated carbocycles. The first-order valence-electron chi connectivity index (χ1n) is 6.27. The summed E-state index contributed by atoms with van der Waals surface area (Å²) in [5, 5.41) is 0. The van der Waals surface area contributed by atoms with Crippen LogP contribution < -0.4 is 14.3 Å². The quantitative estimate of drug-likeness (QED) is 0.819. The van der Waals surface area contributed by atoms with E-state index in [0.717, 1.165) is 5.69 Å². The van der Waals surface area contributed by atoms with Crippen LogP contribution in [-0.2, 0) is 19.7 Å². The molecule has 8 heteroatoms. The van der Waals surface area contributed by atoms with Gasteiger partial charge < -0.3 is 9.64 Å². The zero-order chi connectivity index (χ0) is 14.6. The second-order valence-corrected chi connectivity index (χ2v) is 5.75. The predicted octanol–water partition coefficient (Wildman–Crippen LogP) is 0.316. The summed E-state index contributed by atoms with van der Waals surface area (Å²) in [6.45, 7) is 3.10. The lowest BCUT2D eigenvalue weighted by Crippen LogP contribution is -2.41. The van der Waals surface area contributed by atoms with Crippen LogP contribution in [0.4, 0.5) is 11.4 Å². The summed E-state index contributed by atoms with van der Waals surface area (Å²) in [5.74, 6) is -0.0998. The van der Waals surface area contributed by atoms with Crippen molar-refractivity contribution in [1.82, 2.24) is 4.72 Å². The van der Waals surface area contributed by atoms with Gasteiger partial charge in [-0.2, -0.15) is 13.1 Å². The number of hydrogen-bond acceptors (Lipinski definition) is 4. The van der Waals surface area contributed by atoms with Gasteiger partial charge in [-0.3, -0.25) is 9.52 Å². The van der Waals surface area contributed by atoms with Gasteiger partial charge in [-0.15, -0.1) is 0 Å². The molecular formula is C12H17N3O4S. The average Bonchev–Trinajstić information content (AvgIpc) is 2.40. The van der Waals surface area contributed by atoms with Crippen LogP contribution in [0.5, 0.6) is 0 Å². The molecular weight excluding hydrogens is 282 g/mol.